The highest BCUT2D eigenvalue weighted by Crippen LogP contribution is 2.13. The van der Waals surface area contributed by atoms with Crippen LogP contribution in [0.5, 0.6) is 0 Å². The van der Waals surface area contributed by atoms with E-state index in [1.54, 1.807) is 24.3 Å². The van der Waals surface area contributed by atoms with Gasteiger partial charge in [-0.2, -0.15) is 0 Å². The van der Waals surface area contributed by atoms with E-state index in [-0.39, 0.29) is 12.3 Å². The number of carbonyl (C=O) groups is 2. The number of methoxy groups -OCH3 is 1. The van der Waals surface area contributed by atoms with Crippen molar-refractivity contribution in [1.82, 2.24) is 0 Å². The normalized spacial score (nSPS) is 10.7. The molecule has 0 aliphatic heterocycles. The number of anilines is 1. The van der Waals surface area contributed by atoms with Crippen molar-refractivity contribution in [1.29, 1.82) is 0 Å². The second kappa shape index (κ2) is 7.27. The topological polar surface area (TPSA) is 90.7 Å². The monoisotopic (exact) mass is 284 g/mol. The molecule has 7 heteroatoms. The van der Waals surface area contributed by atoms with Gasteiger partial charge in [0.25, 0.3) is 0 Å². The zero-order chi connectivity index (χ0) is 14.3. The summed E-state index contributed by atoms with van der Waals surface area (Å²) in [5.74, 6) is -0.612. The lowest BCUT2D eigenvalue weighted by atomic mass is 10.3. The first kappa shape index (κ1) is 14.8. The van der Waals surface area contributed by atoms with E-state index >= 15 is 0 Å². The Labute approximate surface area is 115 Å². The third-order valence-electron chi connectivity index (χ3n) is 1.96. The fourth-order valence-electron chi connectivity index (χ4n) is 1.09. The Hall–Kier alpha value is -2.21. The van der Waals surface area contributed by atoms with Crippen LogP contribution >= 0.6 is 11.6 Å². The number of nitrogens with one attached hydrogen (secondary N) is 1. The van der Waals surface area contributed by atoms with Crippen LogP contribution in [0.3, 0.4) is 0 Å². The lowest BCUT2D eigenvalue weighted by Gasteiger charge is -2.07. The summed E-state index contributed by atoms with van der Waals surface area (Å²) in [6.45, 7) is -0.214. The Kier molecular flexibility index (Phi) is 5.69. The van der Waals surface area contributed by atoms with Crippen LogP contribution in [0.15, 0.2) is 36.0 Å². The molecule has 0 heterocycles. The van der Waals surface area contributed by atoms with Gasteiger partial charge < -0.3 is 15.2 Å². The maximum Gasteiger partial charge on any atom is 0.412 e. The third kappa shape index (κ3) is 5.78. The number of ether oxygens (including phenoxy) is 2. The summed E-state index contributed by atoms with van der Waals surface area (Å²) in [7, 11) is 1.22. The molecule has 0 aliphatic carbocycles. The van der Waals surface area contributed by atoms with E-state index in [9.17, 15) is 9.59 Å². The SMILES string of the molecule is COC(=O)/C=C(\N)COC(=O)Nc1ccc(Cl)cc1. The molecule has 0 atom stereocenters. The van der Waals surface area contributed by atoms with E-state index in [1.165, 1.54) is 7.11 Å². The molecule has 102 valence electrons. The fraction of sp³-hybridized carbons (Fsp3) is 0.167. The van der Waals surface area contributed by atoms with Crippen LogP contribution in [0.25, 0.3) is 0 Å². The number of esters is 1. The average Bonchev–Trinajstić information content (AvgIpc) is 2.39. The highest BCUT2D eigenvalue weighted by atomic mass is 35.5. The minimum Gasteiger partial charge on any atom is -0.466 e. The largest absolute Gasteiger partial charge is 0.466 e. The van der Waals surface area contributed by atoms with E-state index in [0.29, 0.717) is 10.7 Å². The fourth-order valence-corrected chi connectivity index (χ4v) is 1.21. The van der Waals surface area contributed by atoms with Gasteiger partial charge in [-0.3, -0.25) is 5.32 Å². The van der Waals surface area contributed by atoms with Crippen molar-refractivity contribution in [3.63, 3.8) is 0 Å². The molecule has 0 fully saturated rings. The molecule has 19 heavy (non-hydrogen) atoms. The molecule has 0 radical (unpaired) electrons. The summed E-state index contributed by atoms with van der Waals surface area (Å²) in [6, 6.07) is 6.50. The Morgan fingerprint density at radius 2 is 2.00 bits per heavy atom. The van der Waals surface area contributed by atoms with Crippen molar-refractivity contribution in [3.05, 3.63) is 41.1 Å². The molecular formula is C12H13ClN2O4. The van der Waals surface area contributed by atoms with Crippen LogP contribution in [0.1, 0.15) is 0 Å². The number of nitrogens with two attached hydrogens (primary N) is 1. The molecule has 1 aromatic rings. The Bertz CT molecular complexity index is 485. The first-order valence-electron chi connectivity index (χ1n) is 5.24. The summed E-state index contributed by atoms with van der Waals surface area (Å²) in [5.41, 5.74) is 6.06. The molecule has 0 spiro atoms. The third-order valence-corrected chi connectivity index (χ3v) is 2.22. The lowest BCUT2D eigenvalue weighted by molar-refractivity contribution is -0.134. The Balaban J connectivity index is 2.42. The van der Waals surface area contributed by atoms with Crippen molar-refractivity contribution in [2.45, 2.75) is 0 Å². The van der Waals surface area contributed by atoms with Gasteiger partial charge in [0.2, 0.25) is 0 Å². The molecule has 1 rings (SSSR count). The first-order chi connectivity index (χ1) is 9.01. The summed E-state index contributed by atoms with van der Waals surface area (Å²) in [5, 5.41) is 3.03. The van der Waals surface area contributed by atoms with Gasteiger partial charge in [0.05, 0.1) is 12.8 Å². The lowest BCUT2D eigenvalue weighted by Crippen LogP contribution is -2.18. The highest BCUT2D eigenvalue weighted by Gasteiger charge is 2.05. The molecule has 0 aliphatic rings. The molecule has 0 bridgehead atoms. The second-order valence-electron chi connectivity index (χ2n) is 3.45. The number of rotatable bonds is 4. The molecule has 1 amide bonds. The molecule has 0 unspecified atom stereocenters. The van der Waals surface area contributed by atoms with Crippen molar-refractivity contribution in [3.8, 4) is 0 Å². The van der Waals surface area contributed by atoms with Crippen molar-refractivity contribution in [2.75, 3.05) is 19.0 Å². The number of halogens is 1. The van der Waals surface area contributed by atoms with Crippen molar-refractivity contribution in [2.24, 2.45) is 5.73 Å². The minimum atomic E-state index is -0.691. The van der Waals surface area contributed by atoms with Crippen LogP contribution in [0.4, 0.5) is 10.5 Å². The molecule has 1 aromatic carbocycles. The van der Waals surface area contributed by atoms with Gasteiger partial charge in [0.15, 0.2) is 0 Å². The van der Waals surface area contributed by atoms with Gasteiger partial charge in [-0.05, 0) is 24.3 Å². The quantitative estimate of drug-likeness (QED) is 0.651. The van der Waals surface area contributed by atoms with Crippen molar-refractivity contribution < 1.29 is 19.1 Å². The maximum absolute atomic E-state index is 11.4. The molecule has 0 saturated carbocycles. The first-order valence-corrected chi connectivity index (χ1v) is 5.62. The van der Waals surface area contributed by atoms with Crippen LogP contribution < -0.4 is 11.1 Å². The molecule has 0 saturated heterocycles. The van der Waals surface area contributed by atoms with Crippen LogP contribution in [-0.4, -0.2) is 25.8 Å². The maximum atomic E-state index is 11.4. The second-order valence-corrected chi connectivity index (χ2v) is 3.89. The number of carbonyl (C=O) groups excluding carboxylic acids is 2. The number of benzene rings is 1. The predicted molar refractivity (Wildman–Crippen MR) is 70.7 cm³/mol. The zero-order valence-corrected chi connectivity index (χ0v) is 10.9. The molecule has 0 aromatic heterocycles. The van der Waals surface area contributed by atoms with Gasteiger partial charge in [-0.25, -0.2) is 9.59 Å². The Morgan fingerprint density at radius 3 is 2.58 bits per heavy atom. The smallest absolute Gasteiger partial charge is 0.412 e. The standard InChI is InChI=1S/C12H13ClN2O4/c1-18-11(16)6-9(14)7-19-12(17)15-10-4-2-8(13)3-5-10/h2-6H,7,14H2,1H3,(H,15,17)/b9-6-. The number of hydrogen-bond donors (Lipinski definition) is 2. The van der Waals surface area contributed by atoms with E-state index in [1.807, 2.05) is 0 Å². The average molecular weight is 285 g/mol. The molecule has 3 N–H and O–H groups in total. The van der Waals surface area contributed by atoms with E-state index < -0.39 is 12.1 Å². The minimum absolute atomic E-state index is 0.0816. The Morgan fingerprint density at radius 1 is 1.37 bits per heavy atom. The van der Waals surface area contributed by atoms with Crippen LogP contribution in [0.2, 0.25) is 5.02 Å². The van der Waals surface area contributed by atoms with E-state index in [4.69, 9.17) is 22.1 Å². The van der Waals surface area contributed by atoms with Crippen molar-refractivity contribution >= 4 is 29.4 Å². The summed E-state index contributed by atoms with van der Waals surface area (Å²) >= 11 is 5.70. The van der Waals surface area contributed by atoms with Gasteiger partial charge in [0, 0.05) is 16.8 Å². The summed E-state index contributed by atoms with van der Waals surface area (Å²) in [4.78, 5) is 22.2. The number of hydrogen-bond acceptors (Lipinski definition) is 5. The van der Waals surface area contributed by atoms with E-state index in [2.05, 4.69) is 10.1 Å². The number of amides is 1. The zero-order valence-electron chi connectivity index (χ0n) is 10.2. The molecular weight excluding hydrogens is 272 g/mol. The van der Waals surface area contributed by atoms with Gasteiger partial charge >= 0.3 is 12.1 Å². The van der Waals surface area contributed by atoms with E-state index in [0.717, 1.165) is 6.08 Å². The summed E-state index contributed by atoms with van der Waals surface area (Å²) in [6.07, 6.45) is 0.346. The van der Waals surface area contributed by atoms with Gasteiger partial charge in [-0.15, -0.1) is 0 Å². The molecule has 6 nitrogen and oxygen atoms in total. The van der Waals surface area contributed by atoms with Gasteiger partial charge in [0.1, 0.15) is 6.61 Å². The predicted octanol–water partition coefficient (Wildman–Crippen LogP) is 1.90. The summed E-state index contributed by atoms with van der Waals surface area (Å²) < 4.78 is 9.17. The highest BCUT2D eigenvalue weighted by molar-refractivity contribution is 6.30. The van der Waals surface area contributed by atoms with Crippen LogP contribution in [-0.2, 0) is 14.3 Å². The van der Waals surface area contributed by atoms with Gasteiger partial charge in [-0.1, -0.05) is 11.6 Å². The van der Waals surface area contributed by atoms with Crippen LogP contribution in [0, 0.1) is 0 Å².